The molecule has 2 aromatic rings. The van der Waals surface area contributed by atoms with Gasteiger partial charge in [0.05, 0.1) is 0 Å². The maximum absolute atomic E-state index is 13.0. The zero-order valence-electron chi connectivity index (χ0n) is 14.7. The first kappa shape index (κ1) is 17.1. The average Bonchev–Trinajstić information content (AvgIpc) is 3.13. The molecule has 3 rings (SSSR count). The molecule has 1 unspecified atom stereocenters. The summed E-state index contributed by atoms with van der Waals surface area (Å²) in [5, 5.41) is 6.75. The second-order valence-electron chi connectivity index (χ2n) is 6.65. The average molecular weight is 342 g/mol. The van der Waals surface area contributed by atoms with Crippen LogP contribution in [-0.4, -0.2) is 27.0 Å². The van der Waals surface area contributed by atoms with Gasteiger partial charge in [-0.1, -0.05) is 56.3 Å². The maximum atomic E-state index is 13.0. The van der Waals surface area contributed by atoms with Gasteiger partial charge in [0.15, 0.2) is 5.82 Å². The summed E-state index contributed by atoms with van der Waals surface area (Å²) in [5.41, 5.74) is -0.275. The van der Waals surface area contributed by atoms with Crippen molar-refractivity contribution in [3.63, 3.8) is 0 Å². The number of carbonyl (C=O) groups excluding carboxylic acids is 2. The molecule has 0 radical (unpaired) electrons. The number of urea groups is 1. The highest BCUT2D eigenvalue weighted by Gasteiger charge is 2.51. The lowest BCUT2D eigenvalue weighted by molar-refractivity contribution is -0.132. The quantitative estimate of drug-likeness (QED) is 0.815. The summed E-state index contributed by atoms with van der Waals surface area (Å²) in [6, 6.07) is 8.83. The molecule has 1 aromatic carbocycles. The minimum absolute atomic E-state index is 0.0235. The van der Waals surface area contributed by atoms with Gasteiger partial charge >= 0.3 is 6.03 Å². The van der Waals surface area contributed by atoms with Crippen LogP contribution in [0.1, 0.15) is 44.5 Å². The van der Waals surface area contributed by atoms with E-state index in [1.165, 1.54) is 0 Å². The van der Waals surface area contributed by atoms with E-state index in [9.17, 15) is 9.59 Å². The Morgan fingerprint density at radius 3 is 2.60 bits per heavy atom. The third-order valence-electron chi connectivity index (χ3n) is 4.37. The molecule has 0 saturated carbocycles. The van der Waals surface area contributed by atoms with Gasteiger partial charge in [-0.2, -0.15) is 4.98 Å². The normalized spacial score (nSPS) is 20.4. The molecule has 3 amide bonds. The van der Waals surface area contributed by atoms with E-state index in [2.05, 4.69) is 29.3 Å². The molecule has 25 heavy (non-hydrogen) atoms. The molecule has 1 fully saturated rings. The molecule has 132 valence electrons. The summed E-state index contributed by atoms with van der Waals surface area (Å²) >= 11 is 0. The Morgan fingerprint density at radius 2 is 1.96 bits per heavy atom. The number of imide groups is 1. The number of nitrogens with zero attached hydrogens (tertiary/aromatic N) is 3. The van der Waals surface area contributed by atoms with E-state index in [0.717, 1.165) is 10.5 Å². The first-order chi connectivity index (χ1) is 12.0. The smallest absolute Gasteiger partial charge is 0.325 e. The molecule has 0 aliphatic carbocycles. The lowest BCUT2D eigenvalue weighted by Crippen LogP contribution is -2.43. The summed E-state index contributed by atoms with van der Waals surface area (Å²) in [7, 11) is 0. The minimum Gasteiger partial charge on any atom is -0.337 e. The van der Waals surface area contributed by atoms with E-state index >= 15 is 0 Å². The monoisotopic (exact) mass is 342 g/mol. The van der Waals surface area contributed by atoms with Crippen molar-refractivity contribution in [3.8, 4) is 0 Å². The van der Waals surface area contributed by atoms with Crippen molar-refractivity contribution in [2.75, 3.05) is 0 Å². The molecule has 1 N–H and O–H groups in total. The van der Waals surface area contributed by atoms with E-state index in [1.807, 2.05) is 37.3 Å². The lowest BCUT2D eigenvalue weighted by Gasteiger charge is -2.25. The Morgan fingerprint density at radius 1 is 1.24 bits per heavy atom. The van der Waals surface area contributed by atoms with Crippen LogP contribution in [0.2, 0.25) is 0 Å². The predicted octanol–water partition coefficient (Wildman–Crippen LogP) is 2.63. The van der Waals surface area contributed by atoms with Crippen molar-refractivity contribution in [1.82, 2.24) is 20.4 Å². The standard InChI is InChI=1S/C18H22N4O3/c1-4-18(13-8-6-5-7-9-13)16(23)22(17(24)20-18)11-15-19-14(21-25-15)10-12(2)3/h5-9,12H,4,10-11H2,1-3H3,(H,20,24). The fourth-order valence-corrected chi connectivity index (χ4v) is 3.07. The molecule has 1 atom stereocenters. The molecular weight excluding hydrogens is 320 g/mol. The van der Waals surface area contributed by atoms with Gasteiger partial charge in [-0.3, -0.25) is 9.69 Å². The van der Waals surface area contributed by atoms with Crippen LogP contribution < -0.4 is 5.32 Å². The lowest BCUT2D eigenvalue weighted by atomic mass is 9.87. The zero-order chi connectivity index (χ0) is 18.0. The van der Waals surface area contributed by atoms with Gasteiger partial charge in [-0.05, 0) is 17.9 Å². The molecule has 1 aromatic heterocycles. The van der Waals surface area contributed by atoms with Gasteiger partial charge < -0.3 is 9.84 Å². The van der Waals surface area contributed by atoms with E-state index in [-0.39, 0.29) is 18.3 Å². The van der Waals surface area contributed by atoms with Crippen molar-refractivity contribution < 1.29 is 14.1 Å². The molecule has 1 saturated heterocycles. The fraction of sp³-hybridized carbons (Fsp3) is 0.444. The highest BCUT2D eigenvalue weighted by Crippen LogP contribution is 2.32. The van der Waals surface area contributed by atoms with Crippen LogP contribution in [0.4, 0.5) is 4.79 Å². The second-order valence-corrected chi connectivity index (χ2v) is 6.65. The Kier molecular flexibility index (Phi) is 4.57. The highest BCUT2D eigenvalue weighted by atomic mass is 16.5. The molecular formula is C18H22N4O3. The molecule has 1 aliphatic heterocycles. The number of rotatable bonds is 6. The Labute approximate surface area is 146 Å². The van der Waals surface area contributed by atoms with Crippen LogP contribution >= 0.6 is 0 Å². The summed E-state index contributed by atoms with van der Waals surface area (Å²) in [4.78, 5) is 30.9. The first-order valence-corrected chi connectivity index (χ1v) is 8.47. The van der Waals surface area contributed by atoms with E-state index in [0.29, 0.717) is 24.6 Å². The third kappa shape index (κ3) is 3.14. The summed E-state index contributed by atoms with van der Waals surface area (Å²) < 4.78 is 5.20. The van der Waals surface area contributed by atoms with Crippen molar-refractivity contribution in [3.05, 3.63) is 47.6 Å². The van der Waals surface area contributed by atoms with Crippen LogP contribution in [0.3, 0.4) is 0 Å². The van der Waals surface area contributed by atoms with Crippen LogP contribution in [0.25, 0.3) is 0 Å². The minimum atomic E-state index is -1.04. The fourth-order valence-electron chi connectivity index (χ4n) is 3.07. The third-order valence-corrected chi connectivity index (χ3v) is 4.37. The van der Waals surface area contributed by atoms with Gasteiger partial charge in [0.25, 0.3) is 5.91 Å². The van der Waals surface area contributed by atoms with Crippen molar-refractivity contribution in [1.29, 1.82) is 0 Å². The highest BCUT2D eigenvalue weighted by molar-refractivity contribution is 6.07. The van der Waals surface area contributed by atoms with Crippen molar-refractivity contribution >= 4 is 11.9 Å². The van der Waals surface area contributed by atoms with E-state index < -0.39 is 11.6 Å². The maximum Gasteiger partial charge on any atom is 0.325 e. The SMILES string of the molecule is CCC1(c2ccccc2)NC(=O)N(Cc2nc(CC(C)C)no2)C1=O. The number of nitrogens with one attached hydrogen (secondary N) is 1. The molecule has 0 bridgehead atoms. The Bertz CT molecular complexity index is 772. The van der Waals surface area contributed by atoms with Crippen molar-refractivity contribution in [2.45, 2.75) is 45.7 Å². The summed E-state index contributed by atoms with van der Waals surface area (Å²) in [5.74, 6) is 0.948. The van der Waals surface area contributed by atoms with Gasteiger partial charge in [0, 0.05) is 6.42 Å². The molecule has 1 aliphatic rings. The second kappa shape index (κ2) is 6.66. The molecule has 7 nitrogen and oxygen atoms in total. The van der Waals surface area contributed by atoms with Gasteiger partial charge in [0.2, 0.25) is 5.89 Å². The van der Waals surface area contributed by atoms with Crippen LogP contribution in [0, 0.1) is 5.92 Å². The van der Waals surface area contributed by atoms with E-state index in [4.69, 9.17) is 4.52 Å². The number of hydrogen-bond acceptors (Lipinski definition) is 5. The molecule has 0 spiro atoms. The predicted molar refractivity (Wildman–Crippen MR) is 90.3 cm³/mol. The number of aromatic nitrogens is 2. The van der Waals surface area contributed by atoms with Crippen molar-refractivity contribution in [2.24, 2.45) is 5.92 Å². The summed E-state index contributed by atoms with van der Waals surface area (Å²) in [6.07, 6.45) is 1.15. The van der Waals surface area contributed by atoms with E-state index in [1.54, 1.807) is 0 Å². The van der Waals surface area contributed by atoms with Gasteiger partial charge in [0.1, 0.15) is 12.1 Å². The zero-order valence-corrected chi connectivity index (χ0v) is 14.7. The topological polar surface area (TPSA) is 88.3 Å². The Balaban J connectivity index is 1.83. The number of carbonyl (C=O) groups is 2. The van der Waals surface area contributed by atoms with Gasteiger partial charge in [-0.15, -0.1) is 0 Å². The molecule has 2 heterocycles. The van der Waals surface area contributed by atoms with Crippen LogP contribution in [-0.2, 0) is 23.3 Å². The molecule has 7 heteroatoms. The van der Waals surface area contributed by atoms with Gasteiger partial charge in [-0.25, -0.2) is 4.79 Å². The number of amides is 3. The number of hydrogen-bond donors (Lipinski definition) is 1. The first-order valence-electron chi connectivity index (χ1n) is 8.47. The Hall–Kier alpha value is -2.70. The summed E-state index contributed by atoms with van der Waals surface area (Å²) in [6.45, 7) is 5.97. The van der Waals surface area contributed by atoms with Crippen LogP contribution in [0.5, 0.6) is 0 Å². The largest absolute Gasteiger partial charge is 0.337 e. The van der Waals surface area contributed by atoms with Crippen LogP contribution in [0.15, 0.2) is 34.9 Å². The number of benzene rings is 1.